The van der Waals surface area contributed by atoms with Crippen molar-refractivity contribution in [3.63, 3.8) is 0 Å². The molecule has 0 aromatic heterocycles. The van der Waals surface area contributed by atoms with Crippen LogP contribution in [0.2, 0.25) is 0 Å². The van der Waals surface area contributed by atoms with Crippen LogP contribution in [-0.2, 0) is 16.0 Å². The summed E-state index contributed by atoms with van der Waals surface area (Å²) in [6.07, 6.45) is -0.317. The van der Waals surface area contributed by atoms with E-state index in [1.165, 1.54) is 0 Å². The highest BCUT2D eigenvalue weighted by Crippen LogP contribution is 2.25. The van der Waals surface area contributed by atoms with Gasteiger partial charge in [0.25, 0.3) is 0 Å². The number of carbonyl (C=O) groups excluding carboxylic acids is 1. The van der Waals surface area contributed by atoms with Crippen molar-refractivity contribution < 1.29 is 22.7 Å². The molecule has 0 aliphatic carbocycles. The van der Waals surface area contributed by atoms with Gasteiger partial charge in [-0.05, 0) is 34.5 Å². The summed E-state index contributed by atoms with van der Waals surface area (Å²) in [6.45, 7) is 1.78. The Kier molecular flexibility index (Phi) is 4.35. The number of carbonyl (C=O) groups is 1. The molecule has 0 aliphatic rings. The molecule has 0 amide bonds. The van der Waals surface area contributed by atoms with E-state index in [9.17, 15) is 18.0 Å². The fourth-order valence-corrected chi connectivity index (χ4v) is 1.55. The van der Waals surface area contributed by atoms with Crippen LogP contribution in [0.4, 0.5) is 13.2 Å². The monoisotopic (exact) mass is 296 g/mol. The second kappa shape index (κ2) is 5.34. The SMILES string of the molecule is CCOC(=O)Cc1cc(F)c(F)c(F)c1Br. The van der Waals surface area contributed by atoms with Crippen molar-refractivity contribution in [2.45, 2.75) is 13.3 Å². The molecule has 0 saturated carbocycles. The van der Waals surface area contributed by atoms with Gasteiger partial charge in [-0.2, -0.15) is 0 Å². The summed E-state index contributed by atoms with van der Waals surface area (Å²) in [7, 11) is 0. The van der Waals surface area contributed by atoms with Crippen molar-refractivity contribution in [1.82, 2.24) is 0 Å². The Labute approximate surface area is 98.5 Å². The molecule has 1 aromatic rings. The van der Waals surface area contributed by atoms with Crippen molar-refractivity contribution in [2.75, 3.05) is 6.61 Å². The van der Waals surface area contributed by atoms with Crippen molar-refractivity contribution >= 4 is 21.9 Å². The maximum atomic E-state index is 13.1. The molecule has 88 valence electrons. The van der Waals surface area contributed by atoms with Gasteiger partial charge in [0, 0.05) is 0 Å². The smallest absolute Gasteiger partial charge is 0.310 e. The third-order valence-corrected chi connectivity index (χ3v) is 2.68. The number of hydrogen-bond acceptors (Lipinski definition) is 2. The lowest BCUT2D eigenvalue weighted by molar-refractivity contribution is -0.142. The highest BCUT2D eigenvalue weighted by atomic mass is 79.9. The fourth-order valence-electron chi connectivity index (χ4n) is 1.12. The van der Waals surface area contributed by atoms with Crippen LogP contribution in [0.15, 0.2) is 10.5 Å². The van der Waals surface area contributed by atoms with E-state index in [0.717, 1.165) is 6.07 Å². The maximum Gasteiger partial charge on any atom is 0.310 e. The van der Waals surface area contributed by atoms with Crippen molar-refractivity contribution in [3.05, 3.63) is 33.6 Å². The minimum atomic E-state index is -1.57. The summed E-state index contributed by atoms with van der Waals surface area (Å²) in [5, 5.41) is 0. The Morgan fingerprint density at radius 3 is 2.56 bits per heavy atom. The van der Waals surface area contributed by atoms with Crippen LogP contribution in [0.3, 0.4) is 0 Å². The normalized spacial score (nSPS) is 10.3. The summed E-state index contributed by atoms with van der Waals surface area (Å²) < 4.78 is 43.1. The Bertz CT molecular complexity index is 421. The molecule has 6 heteroatoms. The van der Waals surface area contributed by atoms with Gasteiger partial charge in [0.15, 0.2) is 17.5 Å². The molecule has 2 nitrogen and oxygen atoms in total. The molecule has 16 heavy (non-hydrogen) atoms. The lowest BCUT2D eigenvalue weighted by Crippen LogP contribution is -2.09. The second-order valence-electron chi connectivity index (χ2n) is 2.94. The van der Waals surface area contributed by atoms with Crippen LogP contribution in [0.1, 0.15) is 12.5 Å². The predicted octanol–water partition coefficient (Wildman–Crippen LogP) is 2.97. The zero-order valence-electron chi connectivity index (χ0n) is 8.32. The first-order valence-corrected chi connectivity index (χ1v) is 5.24. The summed E-state index contributed by atoms with van der Waals surface area (Å²) in [5.74, 6) is -4.88. The van der Waals surface area contributed by atoms with Crippen LogP contribution in [0.25, 0.3) is 0 Å². The van der Waals surface area contributed by atoms with E-state index in [4.69, 9.17) is 0 Å². The molecule has 0 atom stereocenters. The van der Waals surface area contributed by atoms with Gasteiger partial charge in [-0.1, -0.05) is 0 Å². The summed E-state index contributed by atoms with van der Waals surface area (Å²) >= 11 is 2.76. The van der Waals surface area contributed by atoms with Gasteiger partial charge >= 0.3 is 5.97 Å². The maximum absolute atomic E-state index is 13.1. The average molecular weight is 297 g/mol. The van der Waals surface area contributed by atoms with Gasteiger partial charge in [-0.15, -0.1) is 0 Å². The van der Waals surface area contributed by atoms with E-state index < -0.39 is 23.4 Å². The molecular formula is C10H8BrF3O2. The molecule has 0 fully saturated rings. The van der Waals surface area contributed by atoms with Crippen molar-refractivity contribution in [3.8, 4) is 0 Å². The number of halogens is 4. The first-order valence-electron chi connectivity index (χ1n) is 4.44. The third kappa shape index (κ3) is 2.75. The van der Waals surface area contributed by atoms with Crippen LogP contribution in [0.5, 0.6) is 0 Å². The van der Waals surface area contributed by atoms with Gasteiger partial charge in [-0.25, -0.2) is 13.2 Å². The molecule has 0 bridgehead atoms. The molecule has 0 spiro atoms. The molecular weight excluding hydrogens is 289 g/mol. The van der Waals surface area contributed by atoms with Crippen molar-refractivity contribution in [1.29, 1.82) is 0 Å². The van der Waals surface area contributed by atoms with E-state index >= 15 is 0 Å². The van der Waals surface area contributed by atoms with Gasteiger partial charge in [0.1, 0.15) is 0 Å². The van der Waals surface area contributed by atoms with Gasteiger partial charge in [-0.3, -0.25) is 4.79 Å². The Morgan fingerprint density at radius 1 is 1.38 bits per heavy atom. The highest BCUT2D eigenvalue weighted by Gasteiger charge is 2.18. The lowest BCUT2D eigenvalue weighted by atomic mass is 10.1. The minimum absolute atomic E-state index is 0.00912. The molecule has 0 heterocycles. The molecule has 1 aromatic carbocycles. The fraction of sp³-hybridized carbons (Fsp3) is 0.300. The predicted molar refractivity (Wildman–Crippen MR) is 54.4 cm³/mol. The van der Waals surface area contributed by atoms with Crippen LogP contribution in [-0.4, -0.2) is 12.6 Å². The Morgan fingerprint density at radius 2 is 2.00 bits per heavy atom. The summed E-state index contributed by atoms with van der Waals surface area (Å²) in [5.41, 5.74) is 0.00912. The van der Waals surface area contributed by atoms with E-state index in [0.29, 0.717) is 0 Å². The number of ether oxygens (including phenoxy) is 1. The minimum Gasteiger partial charge on any atom is -0.466 e. The van der Waals surface area contributed by atoms with E-state index in [-0.39, 0.29) is 23.1 Å². The van der Waals surface area contributed by atoms with E-state index in [1.54, 1.807) is 6.92 Å². The van der Waals surface area contributed by atoms with Gasteiger partial charge < -0.3 is 4.74 Å². The van der Waals surface area contributed by atoms with Crippen LogP contribution in [0, 0.1) is 17.5 Å². The van der Waals surface area contributed by atoms with Crippen LogP contribution >= 0.6 is 15.9 Å². The summed E-state index contributed by atoms with van der Waals surface area (Å²) in [6, 6.07) is 0.763. The standard InChI is InChI=1S/C10H8BrF3O2/c1-2-16-7(15)4-5-3-6(12)9(13)10(14)8(5)11/h3H,2,4H2,1H3. The van der Waals surface area contributed by atoms with Crippen molar-refractivity contribution in [2.24, 2.45) is 0 Å². The van der Waals surface area contributed by atoms with Crippen LogP contribution < -0.4 is 0 Å². The number of rotatable bonds is 3. The molecule has 0 N–H and O–H groups in total. The van der Waals surface area contributed by atoms with E-state index in [1.807, 2.05) is 0 Å². The van der Waals surface area contributed by atoms with Gasteiger partial charge in [0.05, 0.1) is 17.5 Å². The molecule has 0 radical (unpaired) electrons. The summed E-state index contributed by atoms with van der Waals surface area (Å²) in [4.78, 5) is 11.1. The first kappa shape index (κ1) is 13.0. The largest absolute Gasteiger partial charge is 0.466 e. The number of esters is 1. The second-order valence-corrected chi connectivity index (χ2v) is 3.73. The Balaban J connectivity index is 3.02. The first-order chi connectivity index (χ1) is 7.47. The zero-order chi connectivity index (χ0) is 12.3. The average Bonchev–Trinajstić information content (AvgIpc) is 2.23. The third-order valence-electron chi connectivity index (χ3n) is 1.82. The molecule has 0 saturated heterocycles. The molecule has 1 rings (SSSR count). The highest BCUT2D eigenvalue weighted by molar-refractivity contribution is 9.10. The lowest BCUT2D eigenvalue weighted by Gasteiger charge is -2.06. The Hall–Kier alpha value is -1.04. The van der Waals surface area contributed by atoms with E-state index in [2.05, 4.69) is 20.7 Å². The number of hydrogen-bond donors (Lipinski definition) is 0. The zero-order valence-corrected chi connectivity index (χ0v) is 9.91. The molecule has 0 unspecified atom stereocenters. The topological polar surface area (TPSA) is 26.3 Å². The quantitative estimate of drug-likeness (QED) is 0.487. The number of benzene rings is 1. The van der Waals surface area contributed by atoms with Gasteiger partial charge in [0.2, 0.25) is 0 Å². The molecule has 0 aliphatic heterocycles.